The molecule has 0 fully saturated rings. The van der Waals surface area contributed by atoms with Gasteiger partial charge in [-0.2, -0.15) is 0 Å². The lowest BCUT2D eigenvalue weighted by Gasteiger charge is -2.28. The van der Waals surface area contributed by atoms with Crippen molar-refractivity contribution in [3.05, 3.63) is 68.9 Å². The fourth-order valence-electron chi connectivity index (χ4n) is 4.35. The predicted octanol–water partition coefficient (Wildman–Crippen LogP) is 3.53. The Labute approximate surface area is 174 Å². The van der Waals surface area contributed by atoms with Gasteiger partial charge in [0.2, 0.25) is 0 Å². The minimum atomic E-state index is -0.418. The fraction of sp³-hybridized carbons (Fsp3) is 0.348. The number of nitrogens with one attached hydrogen (secondary N) is 2. The molecule has 0 saturated carbocycles. The van der Waals surface area contributed by atoms with Crippen molar-refractivity contribution in [1.29, 1.82) is 0 Å². The molecule has 156 valence electrons. The van der Waals surface area contributed by atoms with E-state index < -0.39 is 5.91 Å². The van der Waals surface area contributed by atoms with Crippen LogP contribution >= 0.6 is 0 Å². The van der Waals surface area contributed by atoms with E-state index in [1.54, 1.807) is 25.6 Å². The van der Waals surface area contributed by atoms with Gasteiger partial charge in [0.15, 0.2) is 5.78 Å². The van der Waals surface area contributed by atoms with Crippen molar-refractivity contribution in [2.75, 3.05) is 5.32 Å². The van der Waals surface area contributed by atoms with Crippen LogP contribution in [0.15, 0.2) is 35.1 Å². The van der Waals surface area contributed by atoms with E-state index >= 15 is 0 Å². The molecule has 2 aromatic heterocycles. The van der Waals surface area contributed by atoms with Gasteiger partial charge in [-0.15, -0.1) is 0 Å². The highest BCUT2D eigenvalue weighted by molar-refractivity contribution is 6.08. The number of aromatic amines is 1. The first-order chi connectivity index (χ1) is 14.1. The molecular formula is C23H26N4O3. The van der Waals surface area contributed by atoms with Gasteiger partial charge in [-0.1, -0.05) is 32.0 Å². The van der Waals surface area contributed by atoms with Crippen LogP contribution in [0.2, 0.25) is 0 Å². The van der Waals surface area contributed by atoms with Crippen molar-refractivity contribution in [2.45, 2.75) is 40.5 Å². The Kier molecular flexibility index (Phi) is 4.56. The normalized spacial score (nSPS) is 15.2. The molecule has 1 aliphatic rings. The zero-order valence-corrected chi connectivity index (χ0v) is 17.9. The molecule has 3 aromatic rings. The van der Waals surface area contributed by atoms with E-state index in [4.69, 9.17) is 0 Å². The summed E-state index contributed by atoms with van der Waals surface area (Å²) in [5.74, 6) is -0.366. The van der Waals surface area contributed by atoms with Gasteiger partial charge in [-0.25, -0.2) is 4.68 Å². The molecule has 1 amide bonds. The number of amides is 1. The summed E-state index contributed by atoms with van der Waals surface area (Å²) in [6.07, 6.45) is 1.16. The Morgan fingerprint density at radius 2 is 1.77 bits per heavy atom. The van der Waals surface area contributed by atoms with Gasteiger partial charge in [0.25, 0.3) is 11.5 Å². The third kappa shape index (κ3) is 3.10. The molecule has 1 aliphatic carbocycles. The second-order valence-corrected chi connectivity index (χ2v) is 8.81. The van der Waals surface area contributed by atoms with E-state index in [-0.39, 0.29) is 22.4 Å². The third-order valence-corrected chi connectivity index (χ3v) is 5.92. The van der Waals surface area contributed by atoms with Crippen LogP contribution in [0.3, 0.4) is 0 Å². The summed E-state index contributed by atoms with van der Waals surface area (Å²) in [5, 5.41) is 2.78. The molecule has 30 heavy (non-hydrogen) atoms. The first kappa shape index (κ1) is 19.9. The summed E-state index contributed by atoms with van der Waals surface area (Å²) in [5.41, 5.74) is 3.52. The van der Waals surface area contributed by atoms with Gasteiger partial charge in [-0.05, 0) is 43.4 Å². The van der Waals surface area contributed by atoms with E-state index in [0.717, 1.165) is 5.69 Å². The van der Waals surface area contributed by atoms with Crippen molar-refractivity contribution in [3.8, 4) is 5.69 Å². The molecule has 0 bridgehead atoms. The number of anilines is 1. The molecule has 0 aliphatic heterocycles. The molecule has 1 aromatic carbocycles. The average Bonchev–Trinajstić information content (AvgIpc) is 3.10. The lowest BCUT2D eigenvalue weighted by Crippen LogP contribution is -2.26. The molecule has 7 heteroatoms. The highest BCUT2D eigenvalue weighted by Gasteiger charge is 2.35. The summed E-state index contributed by atoms with van der Waals surface area (Å²) < 4.78 is 3.23. The molecule has 0 spiro atoms. The monoisotopic (exact) mass is 406 g/mol. The number of nitrogens with zero attached hydrogens (tertiary/aromatic N) is 2. The minimum Gasteiger partial charge on any atom is -0.354 e. The number of aromatic nitrogens is 3. The van der Waals surface area contributed by atoms with Crippen LogP contribution in [-0.4, -0.2) is 26.0 Å². The van der Waals surface area contributed by atoms with Crippen molar-refractivity contribution >= 4 is 17.4 Å². The maximum absolute atomic E-state index is 13.1. The Morgan fingerprint density at radius 1 is 1.10 bits per heavy atom. The van der Waals surface area contributed by atoms with Crippen LogP contribution in [-0.2, 0) is 13.5 Å². The van der Waals surface area contributed by atoms with Gasteiger partial charge in [-0.3, -0.25) is 19.1 Å². The van der Waals surface area contributed by atoms with Crippen molar-refractivity contribution in [3.63, 3.8) is 0 Å². The summed E-state index contributed by atoms with van der Waals surface area (Å²) in [4.78, 5) is 41.9. The van der Waals surface area contributed by atoms with Crippen LogP contribution in [0, 0.1) is 19.3 Å². The van der Waals surface area contributed by atoms with Gasteiger partial charge in [0.1, 0.15) is 11.4 Å². The number of hydrogen-bond donors (Lipinski definition) is 2. The topological polar surface area (TPSA) is 88.9 Å². The van der Waals surface area contributed by atoms with Gasteiger partial charge in [0.05, 0.1) is 11.4 Å². The summed E-state index contributed by atoms with van der Waals surface area (Å²) in [6.45, 7) is 7.65. The molecule has 7 nitrogen and oxygen atoms in total. The first-order valence-electron chi connectivity index (χ1n) is 10.0. The molecule has 0 saturated heterocycles. The standard InChI is InChI=1S/C23H26N4O3/c1-13-18-16(11-23(3,4)12-17(18)28)24-19(13)21(29)25-20-14(2)26(5)27(22(20)30)15-9-7-6-8-10-15/h6-10,24H,11-12H2,1-5H3,(H,25,29). The lowest BCUT2D eigenvalue weighted by atomic mass is 9.75. The molecule has 2 heterocycles. The molecule has 4 rings (SSSR count). The Balaban J connectivity index is 1.72. The van der Waals surface area contributed by atoms with E-state index in [1.165, 1.54) is 4.68 Å². The first-order valence-corrected chi connectivity index (χ1v) is 10.0. The summed E-state index contributed by atoms with van der Waals surface area (Å²) >= 11 is 0. The number of Topliss-reactive ketones (excluding diaryl/α,β-unsaturated/α-hetero) is 1. The van der Waals surface area contributed by atoms with E-state index in [1.807, 2.05) is 44.2 Å². The number of carbonyl (C=O) groups excluding carboxylic acids is 2. The Morgan fingerprint density at radius 3 is 2.43 bits per heavy atom. The Hall–Kier alpha value is -3.35. The smallest absolute Gasteiger partial charge is 0.295 e. The molecule has 0 unspecified atom stereocenters. The number of para-hydroxylation sites is 1. The molecule has 2 N–H and O–H groups in total. The SMILES string of the molecule is Cc1c(C(=O)Nc2c(C)n(C)n(-c3ccccc3)c2=O)[nH]c2c1C(=O)CC(C)(C)C2. The average molecular weight is 406 g/mol. The second-order valence-electron chi connectivity index (χ2n) is 8.81. The number of benzene rings is 1. The molecular weight excluding hydrogens is 380 g/mol. The maximum Gasteiger partial charge on any atom is 0.295 e. The Bertz CT molecular complexity index is 1230. The zero-order valence-electron chi connectivity index (χ0n) is 17.9. The minimum absolute atomic E-state index is 0.0522. The fourth-order valence-corrected chi connectivity index (χ4v) is 4.35. The molecule has 0 atom stereocenters. The van der Waals surface area contributed by atoms with Crippen LogP contribution < -0.4 is 10.9 Å². The number of H-pyrrole nitrogens is 1. The van der Waals surface area contributed by atoms with Crippen molar-refractivity contribution in [1.82, 2.24) is 14.3 Å². The van der Waals surface area contributed by atoms with E-state index in [0.29, 0.717) is 41.0 Å². The second kappa shape index (κ2) is 6.86. The number of ketones is 1. The van der Waals surface area contributed by atoms with Crippen LogP contribution in [0.5, 0.6) is 0 Å². The summed E-state index contributed by atoms with van der Waals surface area (Å²) in [6, 6.07) is 9.26. The van der Waals surface area contributed by atoms with E-state index in [9.17, 15) is 14.4 Å². The predicted molar refractivity (Wildman–Crippen MR) is 116 cm³/mol. The highest BCUT2D eigenvalue weighted by Crippen LogP contribution is 2.36. The summed E-state index contributed by atoms with van der Waals surface area (Å²) in [7, 11) is 1.78. The van der Waals surface area contributed by atoms with Crippen molar-refractivity contribution < 1.29 is 9.59 Å². The number of rotatable bonds is 3. The largest absolute Gasteiger partial charge is 0.354 e. The lowest BCUT2D eigenvalue weighted by molar-refractivity contribution is 0.0910. The maximum atomic E-state index is 13.1. The van der Waals surface area contributed by atoms with Crippen LogP contribution in [0.1, 0.15) is 58.1 Å². The number of carbonyl (C=O) groups is 2. The molecule has 0 radical (unpaired) electrons. The zero-order chi connectivity index (χ0) is 21.8. The number of fused-ring (bicyclic) bond motifs is 1. The van der Waals surface area contributed by atoms with Gasteiger partial charge >= 0.3 is 0 Å². The van der Waals surface area contributed by atoms with Gasteiger partial charge in [0, 0.05) is 24.7 Å². The quantitative estimate of drug-likeness (QED) is 0.697. The van der Waals surface area contributed by atoms with E-state index in [2.05, 4.69) is 10.3 Å². The highest BCUT2D eigenvalue weighted by atomic mass is 16.2. The third-order valence-electron chi connectivity index (χ3n) is 5.92. The van der Waals surface area contributed by atoms with Crippen molar-refractivity contribution in [2.24, 2.45) is 12.5 Å². The van der Waals surface area contributed by atoms with Crippen LogP contribution in [0.4, 0.5) is 5.69 Å². The number of hydrogen-bond acceptors (Lipinski definition) is 3. The van der Waals surface area contributed by atoms with Crippen LogP contribution in [0.25, 0.3) is 5.69 Å². The van der Waals surface area contributed by atoms with Gasteiger partial charge < -0.3 is 10.3 Å².